The highest BCUT2D eigenvalue weighted by Crippen LogP contribution is 2.37. The van der Waals surface area contributed by atoms with Gasteiger partial charge in [-0.3, -0.25) is 4.90 Å². The molecule has 1 fully saturated rings. The molecule has 0 aliphatic carbocycles. The van der Waals surface area contributed by atoms with E-state index < -0.39 is 23.8 Å². The fraction of sp³-hybridized carbons (Fsp3) is 0.429. The second-order valence-electron chi connectivity index (χ2n) is 9.19. The van der Waals surface area contributed by atoms with Crippen molar-refractivity contribution in [3.63, 3.8) is 0 Å². The molecular formula is C28H32F6N4O3S. The molecule has 1 aromatic heterocycles. The van der Waals surface area contributed by atoms with Gasteiger partial charge in [0.05, 0.1) is 34.7 Å². The van der Waals surface area contributed by atoms with Crippen LogP contribution in [0.1, 0.15) is 48.4 Å². The Morgan fingerprint density at radius 1 is 1.07 bits per heavy atom. The van der Waals surface area contributed by atoms with Gasteiger partial charge in [-0.2, -0.15) is 26.3 Å². The highest BCUT2D eigenvalue weighted by atomic mass is 32.1. The first kappa shape index (κ1) is 33.0. The number of amidine groups is 1. The van der Waals surface area contributed by atoms with Crippen molar-refractivity contribution in [1.82, 2.24) is 9.88 Å². The van der Waals surface area contributed by atoms with Crippen LogP contribution in [0.4, 0.5) is 26.3 Å². The number of nitrogens with two attached hydrogens (primary N) is 1. The van der Waals surface area contributed by atoms with Crippen LogP contribution in [0.3, 0.4) is 0 Å². The fourth-order valence-corrected chi connectivity index (χ4v) is 5.34. The lowest BCUT2D eigenvalue weighted by atomic mass is 9.96. The molecule has 0 amide bonds. The van der Waals surface area contributed by atoms with Crippen molar-refractivity contribution < 1.29 is 41.0 Å². The third-order valence-corrected chi connectivity index (χ3v) is 7.71. The molecule has 0 radical (unpaired) electrons. The highest BCUT2D eigenvalue weighted by molar-refractivity contribution is 7.15. The van der Waals surface area contributed by atoms with E-state index >= 15 is 0 Å². The van der Waals surface area contributed by atoms with E-state index in [-0.39, 0.29) is 44.9 Å². The molecule has 3 aromatic rings. The van der Waals surface area contributed by atoms with Crippen molar-refractivity contribution in [3.8, 4) is 22.1 Å². The molecule has 7 nitrogen and oxygen atoms in total. The molecule has 2 heterocycles. The standard InChI is InChI=1S/C26H26F6N4O3S.C2H6/c1-38-21-12-18(6-7-19(21)23(33)35-37)39-14-22-20(13-36-10-8-17(9-11-36)26(30,31)32)34-24(40-22)15-2-4-16(5-3-15)25(27,28)29;1-2/h2-7,12,17,37H,8-11,13-14H2,1H3,(H2,33,35);1-2H3. The van der Waals surface area contributed by atoms with Gasteiger partial charge in [0.15, 0.2) is 5.84 Å². The van der Waals surface area contributed by atoms with Crippen LogP contribution in [-0.4, -0.2) is 47.3 Å². The normalized spacial score (nSPS) is 15.2. The predicted octanol–water partition coefficient (Wildman–Crippen LogP) is 7.31. The van der Waals surface area contributed by atoms with Gasteiger partial charge in [0.1, 0.15) is 23.1 Å². The van der Waals surface area contributed by atoms with Crippen molar-refractivity contribution in [3.05, 3.63) is 64.2 Å². The Kier molecular flexibility index (Phi) is 11.1. The number of alkyl halides is 6. The third-order valence-electron chi connectivity index (χ3n) is 6.59. The molecule has 0 saturated carbocycles. The number of nitrogens with zero attached hydrogens (tertiary/aromatic N) is 3. The van der Waals surface area contributed by atoms with E-state index in [9.17, 15) is 26.3 Å². The first-order valence-corrected chi connectivity index (χ1v) is 13.9. The quantitative estimate of drug-likeness (QED) is 0.0904. The molecule has 0 atom stereocenters. The van der Waals surface area contributed by atoms with Crippen molar-refractivity contribution in [1.29, 1.82) is 0 Å². The van der Waals surface area contributed by atoms with Crippen LogP contribution < -0.4 is 15.2 Å². The summed E-state index contributed by atoms with van der Waals surface area (Å²) < 4.78 is 89.6. The SMILES string of the molecule is CC.COc1cc(OCc2sc(-c3ccc(C(F)(F)F)cc3)nc2CN2CCC(C(F)(F)F)CC2)ccc1/C(N)=N/O. The lowest BCUT2D eigenvalue weighted by molar-refractivity contribution is -0.185. The number of aromatic nitrogens is 1. The zero-order valence-corrected chi connectivity index (χ0v) is 24.0. The third kappa shape index (κ3) is 8.28. The van der Waals surface area contributed by atoms with Crippen LogP contribution in [0.25, 0.3) is 10.6 Å². The Balaban J connectivity index is 0.00000237. The summed E-state index contributed by atoms with van der Waals surface area (Å²) in [5, 5.41) is 12.4. The molecule has 0 bridgehead atoms. The molecule has 2 aromatic carbocycles. The van der Waals surface area contributed by atoms with E-state index in [1.54, 1.807) is 18.2 Å². The van der Waals surface area contributed by atoms with Crippen molar-refractivity contribution in [2.24, 2.45) is 16.8 Å². The molecule has 1 aliphatic rings. The minimum atomic E-state index is -4.47. The maximum Gasteiger partial charge on any atom is 0.416 e. The van der Waals surface area contributed by atoms with Crippen molar-refractivity contribution >= 4 is 17.2 Å². The van der Waals surface area contributed by atoms with Gasteiger partial charge in [-0.05, 0) is 50.2 Å². The van der Waals surface area contributed by atoms with Crippen LogP contribution in [-0.2, 0) is 19.3 Å². The van der Waals surface area contributed by atoms with E-state index in [4.69, 9.17) is 20.4 Å². The monoisotopic (exact) mass is 618 g/mol. The predicted molar refractivity (Wildman–Crippen MR) is 148 cm³/mol. The Bertz CT molecular complexity index is 1330. The zero-order chi connectivity index (χ0) is 31.1. The van der Waals surface area contributed by atoms with E-state index in [0.717, 1.165) is 12.1 Å². The van der Waals surface area contributed by atoms with Gasteiger partial charge in [-0.1, -0.05) is 31.1 Å². The second kappa shape index (κ2) is 14.1. The van der Waals surface area contributed by atoms with Gasteiger partial charge < -0.3 is 20.4 Å². The average molecular weight is 619 g/mol. The van der Waals surface area contributed by atoms with Crippen molar-refractivity contribution in [2.75, 3.05) is 20.2 Å². The number of methoxy groups -OCH3 is 1. The number of piperidine rings is 1. The van der Waals surface area contributed by atoms with Crippen LogP contribution in [0.5, 0.6) is 11.5 Å². The summed E-state index contributed by atoms with van der Waals surface area (Å²) in [6.07, 6.45) is -8.74. The number of ether oxygens (including phenoxy) is 2. The lowest BCUT2D eigenvalue weighted by Crippen LogP contribution is -2.38. The highest BCUT2D eigenvalue weighted by Gasteiger charge is 2.41. The Morgan fingerprint density at radius 3 is 2.26 bits per heavy atom. The van der Waals surface area contributed by atoms with E-state index in [2.05, 4.69) is 10.1 Å². The van der Waals surface area contributed by atoms with E-state index in [0.29, 0.717) is 38.2 Å². The number of benzene rings is 2. The molecule has 4 rings (SSSR count). The van der Waals surface area contributed by atoms with Gasteiger partial charge >= 0.3 is 12.4 Å². The Hall–Kier alpha value is -3.52. The molecule has 1 aliphatic heterocycles. The molecule has 230 valence electrons. The largest absolute Gasteiger partial charge is 0.496 e. The van der Waals surface area contributed by atoms with E-state index in [1.807, 2.05) is 18.7 Å². The first-order valence-electron chi connectivity index (χ1n) is 13.1. The summed E-state index contributed by atoms with van der Waals surface area (Å²) in [6.45, 7) is 4.79. The zero-order valence-electron chi connectivity index (χ0n) is 23.2. The summed E-state index contributed by atoms with van der Waals surface area (Å²) in [4.78, 5) is 7.19. The summed E-state index contributed by atoms with van der Waals surface area (Å²) in [7, 11) is 1.41. The number of hydrogen-bond acceptors (Lipinski definition) is 7. The minimum Gasteiger partial charge on any atom is -0.496 e. The summed E-state index contributed by atoms with van der Waals surface area (Å²) in [6, 6.07) is 9.31. The Labute approximate surface area is 243 Å². The molecule has 0 unspecified atom stereocenters. The number of thiazole rings is 1. The molecule has 42 heavy (non-hydrogen) atoms. The average Bonchev–Trinajstić information content (AvgIpc) is 3.38. The van der Waals surface area contributed by atoms with Crippen LogP contribution in [0, 0.1) is 5.92 Å². The van der Waals surface area contributed by atoms with Gasteiger partial charge in [-0.15, -0.1) is 11.3 Å². The van der Waals surface area contributed by atoms with Crippen molar-refractivity contribution in [2.45, 2.75) is 52.2 Å². The number of halogens is 6. The topological polar surface area (TPSA) is 93.2 Å². The van der Waals surface area contributed by atoms with Gasteiger partial charge in [-0.25, -0.2) is 4.98 Å². The summed E-state index contributed by atoms with van der Waals surface area (Å²) in [5.41, 5.74) is 6.28. The maximum absolute atomic E-state index is 13.1. The number of rotatable bonds is 8. The molecule has 14 heteroatoms. The molecular weight excluding hydrogens is 586 g/mol. The van der Waals surface area contributed by atoms with Crippen LogP contribution in [0.2, 0.25) is 0 Å². The smallest absolute Gasteiger partial charge is 0.416 e. The van der Waals surface area contributed by atoms with E-state index in [1.165, 1.54) is 30.6 Å². The number of likely N-dealkylation sites (tertiary alicyclic amines) is 1. The minimum absolute atomic E-state index is 0.0162. The summed E-state index contributed by atoms with van der Waals surface area (Å²) >= 11 is 1.23. The maximum atomic E-state index is 13.1. The molecule has 3 N–H and O–H groups in total. The van der Waals surface area contributed by atoms with Crippen LogP contribution in [0.15, 0.2) is 47.6 Å². The Morgan fingerprint density at radius 2 is 1.71 bits per heavy atom. The second-order valence-corrected chi connectivity index (χ2v) is 10.3. The molecule has 1 saturated heterocycles. The number of oxime groups is 1. The van der Waals surface area contributed by atoms with Gasteiger partial charge in [0.25, 0.3) is 0 Å². The molecule has 0 spiro atoms. The van der Waals surface area contributed by atoms with Gasteiger partial charge in [0.2, 0.25) is 0 Å². The first-order chi connectivity index (χ1) is 19.9. The summed E-state index contributed by atoms with van der Waals surface area (Å²) in [5.74, 6) is -0.792. The lowest BCUT2D eigenvalue weighted by Gasteiger charge is -2.32. The number of hydrogen-bond donors (Lipinski definition) is 2. The fourth-order valence-electron chi connectivity index (χ4n) is 4.35. The van der Waals surface area contributed by atoms with Crippen LogP contribution >= 0.6 is 11.3 Å². The van der Waals surface area contributed by atoms with Gasteiger partial charge in [0, 0.05) is 18.2 Å².